The highest BCUT2D eigenvalue weighted by atomic mass is 16.5. The Bertz CT molecular complexity index is 460. The molecular weight excluding hydrogens is 236 g/mol. The van der Waals surface area contributed by atoms with E-state index in [0.717, 1.165) is 38.4 Å². The van der Waals surface area contributed by atoms with Crippen LogP contribution >= 0.6 is 0 Å². The highest BCUT2D eigenvalue weighted by Crippen LogP contribution is 2.35. The molecule has 19 heavy (non-hydrogen) atoms. The molecule has 0 spiro atoms. The first kappa shape index (κ1) is 12.8. The molecule has 2 heterocycles. The number of nitrogens with zero attached hydrogens (tertiary/aromatic N) is 1. The first-order chi connectivity index (χ1) is 9.20. The summed E-state index contributed by atoms with van der Waals surface area (Å²) in [4.78, 5) is 2.51. The molecule has 0 bridgehead atoms. The number of hydrogen-bond donors (Lipinski definition) is 1. The van der Waals surface area contributed by atoms with Crippen molar-refractivity contribution in [3.8, 4) is 5.75 Å². The topological polar surface area (TPSA) is 24.5 Å². The van der Waals surface area contributed by atoms with Gasteiger partial charge in [0.15, 0.2) is 0 Å². The lowest BCUT2D eigenvalue weighted by atomic mass is 9.91. The highest BCUT2D eigenvalue weighted by molar-refractivity contribution is 5.65. The summed E-state index contributed by atoms with van der Waals surface area (Å²) in [5, 5.41) is 3.44. The monoisotopic (exact) mass is 260 g/mol. The Labute approximate surface area is 115 Å². The van der Waals surface area contributed by atoms with Crippen molar-refractivity contribution in [2.45, 2.75) is 26.7 Å². The second kappa shape index (κ2) is 5.04. The van der Waals surface area contributed by atoms with Crippen LogP contribution in [0, 0.1) is 5.41 Å². The van der Waals surface area contributed by atoms with E-state index in [1.54, 1.807) is 0 Å². The van der Waals surface area contributed by atoms with Gasteiger partial charge in [-0.2, -0.15) is 0 Å². The smallest absolute Gasteiger partial charge is 0.142 e. The molecule has 0 aromatic heterocycles. The lowest BCUT2D eigenvalue weighted by molar-refractivity contribution is 0.165. The number of para-hydroxylation sites is 1. The van der Waals surface area contributed by atoms with Gasteiger partial charge < -0.3 is 15.0 Å². The van der Waals surface area contributed by atoms with Crippen LogP contribution in [-0.4, -0.2) is 37.7 Å². The number of nitrogens with one attached hydrogen (secondary N) is 1. The van der Waals surface area contributed by atoms with Crippen LogP contribution in [0.4, 0.5) is 5.69 Å². The molecule has 1 aromatic rings. The SMILES string of the molecule is CCN1CCC(C)(COc2cccc3c2NCC3)C1. The van der Waals surface area contributed by atoms with Gasteiger partial charge in [-0.15, -0.1) is 0 Å². The van der Waals surface area contributed by atoms with Gasteiger partial charge in [0.05, 0.1) is 12.3 Å². The summed E-state index contributed by atoms with van der Waals surface area (Å²) in [6, 6.07) is 6.39. The first-order valence-corrected chi connectivity index (χ1v) is 7.41. The van der Waals surface area contributed by atoms with Gasteiger partial charge >= 0.3 is 0 Å². The molecule has 1 aromatic carbocycles. The average Bonchev–Trinajstić information content (AvgIpc) is 3.03. The van der Waals surface area contributed by atoms with Gasteiger partial charge in [0.1, 0.15) is 5.75 Å². The van der Waals surface area contributed by atoms with E-state index < -0.39 is 0 Å². The predicted molar refractivity (Wildman–Crippen MR) is 79.0 cm³/mol. The number of likely N-dealkylation sites (tertiary alicyclic amines) is 1. The van der Waals surface area contributed by atoms with Crippen molar-refractivity contribution in [1.29, 1.82) is 0 Å². The lowest BCUT2D eigenvalue weighted by Crippen LogP contribution is -2.30. The minimum Gasteiger partial charge on any atom is -0.491 e. The lowest BCUT2D eigenvalue weighted by Gasteiger charge is -2.25. The summed E-state index contributed by atoms with van der Waals surface area (Å²) in [5.74, 6) is 1.03. The molecule has 0 saturated carbocycles. The fourth-order valence-corrected chi connectivity index (χ4v) is 3.19. The fraction of sp³-hybridized carbons (Fsp3) is 0.625. The van der Waals surface area contributed by atoms with Crippen LogP contribution in [-0.2, 0) is 6.42 Å². The molecule has 2 aliphatic rings. The van der Waals surface area contributed by atoms with Gasteiger partial charge in [-0.1, -0.05) is 26.0 Å². The van der Waals surface area contributed by atoms with Crippen molar-refractivity contribution in [1.82, 2.24) is 4.90 Å². The number of rotatable bonds is 4. The van der Waals surface area contributed by atoms with Crippen molar-refractivity contribution >= 4 is 5.69 Å². The Hall–Kier alpha value is -1.22. The molecule has 1 atom stereocenters. The molecule has 1 unspecified atom stereocenters. The van der Waals surface area contributed by atoms with Crippen molar-refractivity contribution < 1.29 is 4.74 Å². The third-order valence-corrected chi connectivity index (χ3v) is 4.47. The molecule has 104 valence electrons. The quantitative estimate of drug-likeness (QED) is 0.901. The van der Waals surface area contributed by atoms with E-state index in [2.05, 4.69) is 42.3 Å². The Morgan fingerprint density at radius 2 is 2.32 bits per heavy atom. The maximum absolute atomic E-state index is 6.14. The number of fused-ring (bicyclic) bond motifs is 1. The van der Waals surface area contributed by atoms with E-state index in [1.165, 1.54) is 24.2 Å². The van der Waals surface area contributed by atoms with Gasteiger partial charge in [0, 0.05) is 18.5 Å². The number of hydrogen-bond acceptors (Lipinski definition) is 3. The van der Waals surface area contributed by atoms with E-state index in [4.69, 9.17) is 4.74 Å². The summed E-state index contributed by atoms with van der Waals surface area (Å²) >= 11 is 0. The van der Waals surface area contributed by atoms with Crippen molar-refractivity contribution in [2.75, 3.05) is 38.1 Å². The summed E-state index contributed by atoms with van der Waals surface area (Å²) < 4.78 is 6.14. The second-order valence-electron chi connectivity index (χ2n) is 6.19. The van der Waals surface area contributed by atoms with Gasteiger partial charge in [-0.3, -0.25) is 0 Å². The Morgan fingerprint density at radius 3 is 3.11 bits per heavy atom. The average molecular weight is 260 g/mol. The van der Waals surface area contributed by atoms with E-state index in [-0.39, 0.29) is 0 Å². The van der Waals surface area contributed by atoms with Crippen molar-refractivity contribution in [3.63, 3.8) is 0 Å². The Balaban J connectivity index is 1.65. The highest BCUT2D eigenvalue weighted by Gasteiger charge is 2.34. The molecule has 0 amide bonds. The van der Waals surface area contributed by atoms with Gasteiger partial charge in [0.25, 0.3) is 0 Å². The van der Waals surface area contributed by atoms with Crippen LogP contribution in [0.25, 0.3) is 0 Å². The van der Waals surface area contributed by atoms with Crippen LogP contribution in [0.1, 0.15) is 25.8 Å². The van der Waals surface area contributed by atoms with Crippen molar-refractivity contribution in [2.24, 2.45) is 5.41 Å². The van der Waals surface area contributed by atoms with E-state index in [0.29, 0.717) is 5.41 Å². The molecule has 3 rings (SSSR count). The molecule has 1 saturated heterocycles. The van der Waals surface area contributed by atoms with Crippen LogP contribution in [0.5, 0.6) is 5.75 Å². The third kappa shape index (κ3) is 2.57. The van der Waals surface area contributed by atoms with Crippen LogP contribution in [0.15, 0.2) is 18.2 Å². The normalized spacial score (nSPS) is 26.2. The number of anilines is 1. The summed E-state index contributed by atoms with van der Waals surface area (Å²) in [6.45, 7) is 9.96. The maximum Gasteiger partial charge on any atom is 0.142 e. The fourth-order valence-electron chi connectivity index (χ4n) is 3.19. The Morgan fingerprint density at radius 1 is 1.42 bits per heavy atom. The molecule has 1 N–H and O–H groups in total. The minimum atomic E-state index is 0.303. The second-order valence-corrected chi connectivity index (χ2v) is 6.19. The van der Waals surface area contributed by atoms with E-state index >= 15 is 0 Å². The number of ether oxygens (including phenoxy) is 1. The molecule has 2 aliphatic heterocycles. The zero-order valence-electron chi connectivity index (χ0n) is 12.0. The summed E-state index contributed by atoms with van der Waals surface area (Å²) in [5.41, 5.74) is 2.91. The van der Waals surface area contributed by atoms with Gasteiger partial charge in [-0.05, 0) is 37.6 Å². The summed E-state index contributed by atoms with van der Waals surface area (Å²) in [7, 11) is 0. The Kier molecular flexibility index (Phi) is 3.40. The predicted octanol–water partition coefficient (Wildman–Crippen LogP) is 2.77. The van der Waals surface area contributed by atoms with Gasteiger partial charge in [0.2, 0.25) is 0 Å². The zero-order chi connectivity index (χ0) is 13.3. The molecule has 0 radical (unpaired) electrons. The van der Waals surface area contributed by atoms with Crippen LogP contribution in [0.3, 0.4) is 0 Å². The van der Waals surface area contributed by atoms with Crippen LogP contribution in [0.2, 0.25) is 0 Å². The molecule has 3 nitrogen and oxygen atoms in total. The molecule has 0 aliphatic carbocycles. The summed E-state index contributed by atoms with van der Waals surface area (Å²) in [6.07, 6.45) is 2.36. The standard InChI is InChI=1S/C16H24N2O/c1-3-18-10-8-16(2,11-18)12-19-14-6-4-5-13-7-9-17-15(13)14/h4-6,17H,3,7-12H2,1-2H3. The third-order valence-electron chi connectivity index (χ3n) is 4.47. The van der Waals surface area contributed by atoms with E-state index in [1.807, 2.05) is 0 Å². The van der Waals surface area contributed by atoms with Crippen LogP contribution < -0.4 is 10.1 Å². The minimum absolute atomic E-state index is 0.303. The van der Waals surface area contributed by atoms with Gasteiger partial charge in [-0.25, -0.2) is 0 Å². The van der Waals surface area contributed by atoms with Crippen molar-refractivity contribution in [3.05, 3.63) is 23.8 Å². The molecular formula is C16H24N2O. The zero-order valence-corrected chi connectivity index (χ0v) is 12.0. The number of benzene rings is 1. The van der Waals surface area contributed by atoms with E-state index in [9.17, 15) is 0 Å². The largest absolute Gasteiger partial charge is 0.491 e. The molecule has 3 heteroatoms. The molecule has 1 fully saturated rings. The maximum atomic E-state index is 6.14. The first-order valence-electron chi connectivity index (χ1n) is 7.41.